The molecule has 3 atom stereocenters. The summed E-state index contributed by atoms with van der Waals surface area (Å²) in [7, 11) is 1.53. The number of allylic oxidation sites excluding steroid dienone is 1. The summed E-state index contributed by atoms with van der Waals surface area (Å²) < 4.78 is 31.5. The van der Waals surface area contributed by atoms with Gasteiger partial charge in [0.1, 0.15) is 0 Å². The van der Waals surface area contributed by atoms with Crippen molar-refractivity contribution in [1.82, 2.24) is 0 Å². The normalized spacial score (nSPS) is 14.2. The van der Waals surface area contributed by atoms with Crippen molar-refractivity contribution < 1.29 is 18.3 Å². The third-order valence-electron chi connectivity index (χ3n) is 3.43. The van der Waals surface area contributed by atoms with Crippen LogP contribution in [0.25, 0.3) is 0 Å². The van der Waals surface area contributed by atoms with E-state index in [1.54, 1.807) is 19.1 Å². The maximum Gasteiger partial charge on any atom is 0.305 e. The SMILES string of the molecule is C=CC(Cc1ccc(C(F)(F)P)cc1)CC(C)OC(=O)CC. The van der Waals surface area contributed by atoms with Gasteiger partial charge < -0.3 is 4.74 Å². The van der Waals surface area contributed by atoms with E-state index in [1.165, 1.54) is 21.4 Å². The van der Waals surface area contributed by atoms with Crippen molar-refractivity contribution in [1.29, 1.82) is 0 Å². The standard InChI is InChI=1S/C17H23F2O2P/c1-4-13(10-12(3)21-16(20)5-2)11-14-6-8-15(9-7-14)17(18,19)22/h4,6-9,12-13H,1,5,10-11,22H2,2-3H3. The van der Waals surface area contributed by atoms with Gasteiger partial charge in [-0.3, -0.25) is 4.79 Å². The molecule has 0 aromatic heterocycles. The molecule has 0 spiro atoms. The quantitative estimate of drug-likeness (QED) is 0.393. The van der Waals surface area contributed by atoms with E-state index in [4.69, 9.17) is 4.74 Å². The second kappa shape index (κ2) is 8.38. The lowest BCUT2D eigenvalue weighted by Crippen LogP contribution is -2.18. The number of hydrogen-bond donors (Lipinski definition) is 0. The van der Waals surface area contributed by atoms with Crippen LogP contribution >= 0.6 is 9.24 Å². The van der Waals surface area contributed by atoms with Crippen molar-refractivity contribution in [2.75, 3.05) is 0 Å². The molecule has 0 saturated heterocycles. The minimum Gasteiger partial charge on any atom is -0.463 e. The van der Waals surface area contributed by atoms with Gasteiger partial charge >= 0.3 is 5.97 Å². The first-order chi connectivity index (χ1) is 10.3. The minimum atomic E-state index is -2.90. The monoisotopic (exact) mass is 328 g/mol. The number of ether oxygens (including phenoxy) is 1. The first-order valence-corrected chi connectivity index (χ1v) is 7.92. The number of hydrogen-bond acceptors (Lipinski definition) is 2. The molecular formula is C17H23F2O2P. The maximum absolute atomic E-state index is 13.1. The Balaban J connectivity index is 2.62. The predicted octanol–water partition coefficient (Wildman–Crippen LogP) is 4.69. The van der Waals surface area contributed by atoms with Crippen LogP contribution in [0.3, 0.4) is 0 Å². The lowest BCUT2D eigenvalue weighted by atomic mass is 9.93. The number of halogens is 2. The topological polar surface area (TPSA) is 26.3 Å². The fourth-order valence-corrected chi connectivity index (χ4v) is 2.40. The molecule has 0 saturated carbocycles. The van der Waals surface area contributed by atoms with Gasteiger partial charge in [-0.05, 0) is 31.2 Å². The fourth-order valence-electron chi connectivity index (χ4n) is 2.21. The second-order valence-electron chi connectivity index (χ2n) is 5.41. The fraction of sp³-hybridized carbons (Fsp3) is 0.471. The van der Waals surface area contributed by atoms with Crippen molar-refractivity contribution in [2.45, 2.75) is 44.9 Å². The van der Waals surface area contributed by atoms with E-state index >= 15 is 0 Å². The smallest absolute Gasteiger partial charge is 0.305 e. The lowest BCUT2D eigenvalue weighted by molar-refractivity contribution is -0.148. The van der Waals surface area contributed by atoms with Crippen molar-refractivity contribution in [3.63, 3.8) is 0 Å². The third-order valence-corrected chi connectivity index (χ3v) is 3.76. The van der Waals surface area contributed by atoms with E-state index in [-0.39, 0.29) is 23.6 Å². The molecule has 0 radical (unpaired) electrons. The number of carbonyl (C=O) groups excluding carboxylic acids is 1. The Morgan fingerprint density at radius 1 is 1.41 bits per heavy atom. The molecule has 122 valence electrons. The number of esters is 1. The van der Waals surface area contributed by atoms with E-state index in [1.807, 2.05) is 13.0 Å². The van der Waals surface area contributed by atoms with Crippen LogP contribution in [0.5, 0.6) is 0 Å². The van der Waals surface area contributed by atoms with E-state index in [0.29, 0.717) is 19.3 Å². The van der Waals surface area contributed by atoms with Gasteiger partial charge in [0.05, 0.1) is 6.10 Å². The average molecular weight is 328 g/mol. The van der Waals surface area contributed by atoms with E-state index < -0.39 is 5.66 Å². The Morgan fingerprint density at radius 3 is 2.45 bits per heavy atom. The molecular weight excluding hydrogens is 305 g/mol. The zero-order valence-corrected chi connectivity index (χ0v) is 14.2. The highest BCUT2D eigenvalue weighted by molar-refractivity contribution is 7.17. The van der Waals surface area contributed by atoms with Gasteiger partial charge in [-0.2, -0.15) is 8.78 Å². The molecule has 0 amide bonds. The molecule has 0 N–H and O–H groups in total. The Kier molecular flexibility index (Phi) is 7.15. The Hall–Kier alpha value is -1.28. The molecule has 22 heavy (non-hydrogen) atoms. The van der Waals surface area contributed by atoms with Gasteiger partial charge in [-0.25, -0.2) is 0 Å². The first-order valence-electron chi connectivity index (χ1n) is 7.34. The molecule has 0 fully saturated rings. The number of carbonyl (C=O) groups is 1. The van der Waals surface area contributed by atoms with Crippen LogP contribution < -0.4 is 0 Å². The highest BCUT2D eigenvalue weighted by atomic mass is 31.0. The highest BCUT2D eigenvalue weighted by Gasteiger charge is 2.24. The molecule has 0 aliphatic carbocycles. The number of benzene rings is 1. The predicted molar refractivity (Wildman–Crippen MR) is 87.9 cm³/mol. The summed E-state index contributed by atoms with van der Waals surface area (Å²) in [6.07, 6.45) is 3.32. The van der Waals surface area contributed by atoms with Crippen LogP contribution in [0.15, 0.2) is 36.9 Å². The van der Waals surface area contributed by atoms with E-state index in [2.05, 4.69) is 6.58 Å². The van der Waals surface area contributed by atoms with E-state index in [9.17, 15) is 13.6 Å². The van der Waals surface area contributed by atoms with Crippen molar-refractivity contribution >= 4 is 15.2 Å². The van der Waals surface area contributed by atoms with Crippen molar-refractivity contribution in [3.8, 4) is 0 Å². The summed E-state index contributed by atoms with van der Waals surface area (Å²) in [6, 6.07) is 6.27. The third kappa shape index (κ3) is 6.23. The minimum absolute atomic E-state index is 0.0263. The average Bonchev–Trinajstić information content (AvgIpc) is 2.45. The first kappa shape index (κ1) is 18.8. The molecule has 1 aromatic rings. The molecule has 1 rings (SSSR count). The zero-order valence-electron chi connectivity index (χ0n) is 13.0. The largest absolute Gasteiger partial charge is 0.463 e. The van der Waals surface area contributed by atoms with Gasteiger partial charge in [-0.15, -0.1) is 6.58 Å². The molecule has 1 aromatic carbocycles. The van der Waals surface area contributed by atoms with Crippen molar-refractivity contribution in [2.24, 2.45) is 5.92 Å². The van der Waals surface area contributed by atoms with Crippen LogP contribution in [0.2, 0.25) is 0 Å². The Bertz CT molecular complexity index is 494. The summed E-state index contributed by atoms with van der Waals surface area (Å²) in [5, 5.41) is 0. The van der Waals surface area contributed by atoms with Gasteiger partial charge in [0.2, 0.25) is 0 Å². The Labute approximate surface area is 133 Å². The van der Waals surface area contributed by atoms with Crippen LogP contribution in [0.4, 0.5) is 8.78 Å². The summed E-state index contributed by atoms with van der Waals surface area (Å²) in [5.74, 6) is -0.0932. The van der Waals surface area contributed by atoms with Gasteiger partial charge in [-0.1, -0.05) is 46.5 Å². The highest BCUT2D eigenvalue weighted by Crippen LogP contribution is 2.34. The number of rotatable bonds is 8. The van der Waals surface area contributed by atoms with Crippen LogP contribution in [-0.2, 0) is 21.6 Å². The molecule has 0 aliphatic rings. The summed E-state index contributed by atoms with van der Waals surface area (Å²) in [5.41, 5.74) is -1.97. The maximum atomic E-state index is 13.1. The molecule has 2 nitrogen and oxygen atoms in total. The second-order valence-corrected chi connectivity index (χ2v) is 6.13. The van der Waals surface area contributed by atoms with Crippen LogP contribution in [-0.4, -0.2) is 12.1 Å². The van der Waals surface area contributed by atoms with Gasteiger partial charge in [0, 0.05) is 12.0 Å². The molecule has 0 bridgehead atoms. The number of alkyl halides is 2. The summed E-state index contributed by atoms with van der Waals surface area (Å²) in [6.45, 7) is 7.41. The molecule has 5 heteroatoms. The molecule has 0 aliphatic heterocycles. The van der Waals surface area contributed by atoms with Gasteiger partial charge in [0.15, 0.2) is 0 Å². The zero-order chi connectivity index (χ0) is 16.8. The molecule has 0 heterocycles. The summed E-state index contributed by atoms with van der Waals surface area (Å²) >= 11 is 0. The van der Waals surface area contributed by atoms with Crippen LogP contribution in [0.1, 0.15) is 37.8 Å². The van der Waals surface area contributed by atoms with Crippen molar-refractivity contribution in [3.05, 3.63) is 48.0 Å². The Morgan fingerprint density at radius 2 is 2.00 bits per heavy atom. The molecule has 3 unspecified atom stereocenters. The van der Waals surface area contributed by atoms with Gasteiger partial charge in [0.25, 0.3) is 5.66 Å². The lowest BCUT2D eigenvalue weighted by Gasteiger charge is -2.19. The summed E-state index contributed by atoms with van der Waals surface area (Å²) in [4.78, 5) is 11.3. The van der Waals surface area contributed by atoms with Crippen LogP contribution in [0, 0.1) is 5.92 Å². The van der Waals surface area contributed by atoms with E-state index in [0.717, 1.165) is 5.56 Å².